The van der Waals surface area contributed by atoms with Crippen LogP contribution in [0.4, 0.5) is 13.2 Å². The van der Waals surface area contributed by atoms with Crippen molar-refractivity contribution >= 4 is 12.2 Å². The second kappa shape index (κ2) is 5.64. The smallest absolute Gasteiger partial charge is 0.394 e. The molecule has 0 aromatic carbocycles. The molecule has 130 valence electrons. The molecule has 1 N–H and O–H groups in total. The minimum absolute atomic E-state index is 0.0167. The summed E-state index contributed by atoms with van der Waals surface area (Å²) in [5.41, 5.74) is -3.07. The molecule has 9 heteroatoms. The first kappa shape index (κ1) is 16.5. The Morgan fingerprint density at radius 3 is 2.71 bits per heavy atom. The first-order valence-electron chi connectivity index (χ1n) is 7.46. The van der Waals surface area contributed by atoms with Crippen LogP contribution in [0.1, 0.15) is 19.3 Å². The quantitative estimate of drug-likeness (QED) is 0.861. The van der Waals surface area contributed by atoms with Gasteiger partial charge in [0.05, 0.1) is 18.6 Å². The molecule has 3 rings (SSSR count). The number of aliphatic carboxylic acids is 1. The van der Waals surface area contributed by atoms with Crippen LogP contribution in [0.5, 0.6) is 5.88 Å². The Labute approximate surface area is 135 Å². The summed E-state index contributed by atoms with van der Waals surface area (Å²) in [7, 11) is 0. The Kier molecular flexibility index (Phi) is 3.89. The summed E-state index contributed by atoms with van der Waals surface area (Å²) in [5, 5.41) is 13.5. The Morgan fingerprint density at radius 1 is 1.42 bits per heavy atom. The highest BCUT2D eigenvalue weighted by Gasteiger charge is 2.62. The minimum Gasteiger partial charge on any atom is -0.479 e. The summed E-state index contributed by atoms with van der Waals surface area (Å²) in [6, 6.07) is 1.43. The van der Waals surface area contributed by atoms with Gasteiger partial charge in [-0.1, -0.05) is 0 Å². The van der Waals surface area contributed by atoms with Crippen molar-refractivity contribution in [2.75, 3.05) is 13.2 Å². The van der Waals surface area contributed by atoms with Crippen LogP contribution in [0.25, 0.3) is 0 Å². The molecule has 0 bridgehead atoms. The number of aliphatic imine (C=N–C) groups is 1. The number of carbonyl (C=O) groups is 1. The van der Waals surface area contributed by atoms with Crippen molar-refractivity contribution in [1.82, 2.24) is 9.78 Å². The van der Waals surface area contributed by atoms with E-state index < -0.39 is 23.1 Å². The molecule has 1 saturated carbocycles. The van der Waals surface area contributed by atoms with Crippen molar-refractivity contribution in [2.45, 2.75) is 31.0 Å². The van der Waals surface area contributed by atoms with Gasteiger partial charge in [0.15, 0.2) is 5.54 Å². The number of dihydropyridines is 1. The van der Waals surface area contributed by atoms with Gasteiger partial charge in [0.1, 0.15) is 0 Å². The molecule has 0 saturated heterocycles. The molecular weight excluding hydrogens is 327 g/mol. The zero-order valence-corrected chi connectivity index (χ0v) is 12.7. The van der Waals surface area contributed by atoms with Crippen LogP contribution in [0, 0.1) is 5.41 Å². The molecule has 2 heterocycles. The fourth-order valence-electron chi connectivity index (χ4n) is 2.68. The first-order valence-corrected chi connectivity index (χ1v) is 7.46. The van der Waals surface area contributed by atoms with Crippen LogP contribution in [0.2, 0.25) is 0 Å². The Balaban J connectivity index is 1.65. The highest BCUT2D eigenvalue weighted by Crippen LogP contribution is 2.59. The summed E-state index contributed by atoms with van der Waals surface area (Å²) in [5.74, 6) is -1.03. The van der Waals surface area contributed by atoms with Gasteiger partial charge in [0.2, 0.25) is 5.88 Å². The lowest BCUT2D eigenvalue weighted by Gasteiger charge is -2.26. The standard InChI is InChI=1S/C15H16F3N3O3/c16-15(17,18)13(4-5-13)6-9-24-11-2-8-21(20-11)14(12(22)23)3-1-7-19-10-14/h1-3,7-8H,4-6,9-10H2,(H,22,23). The molecule has 1 aromatic rings. The number of carboxylic acid groups (broad SMARTS) is 1. The zero-order chi connectivity index (χ0) is 17.4. The van der Waals surface area contributed by atoms with Crippen molar-refractivity contribution in [3.8, 4) is 5.88 Å². The molecule has 6 nitrogen and oxygen atoms in total. The van der Waals surface area contributed by atoms with Gasteiger partial charge in [0, 0.05) is 18.5 Å². The summed E-state index contributed by atoms with van der Waals surface area (Å²) in [4.78, 5) is 15.5. The van der Waals surface area contributed by atoms with Gasteiger partial charge in [-0.15, -0.1) is 5.10 Å². The van der Waals surface area contributed by atoms with Crippen LogP contribution >= 0.6 is 0 Å². The number of carboxylic acids is 1. The molecular formula is C15H16F3N3O3. The van der Waals surface area contributed by atoms with Crippen LogP contribution < -0.4 is 4.74 Å². The van der Waals surface area contributed by atoms with Gasteiger partial charge in [-0.2, -0.15) is 13.2 Å². The van der Waals surface area contributed by atoms with Gasteiger partial charge >= 0.3 is 12.1 Å². The van der Waals surface area contributed by atoms with E-state index in [1.54, 1.807) is 0 Å². The molecule has 1 atom stereocenters. The number of allylic oxidation sites excluding steroid dienone is 1. The van der Waals surface area contributed by atoms with Gasteiger partial charge in [-0.25, -0.2) is 9.48 Å². The van der Waals surface area contributed by atoms with Crippen LogP contribution in [-0.4, -0.2) is 46.4 Å². The summed E-state index contributed by atoms with van der Waals surface area (Å²) >= 11 is 0. The van der Waals surface area contributed by atoms with E-state index in [1.807, 2.05) is 0 Å². The molecule has 1 aliphatic carbocycles. The lowest BCUT2D eigenvalue weighted by molar-refractivity contribution is -0.190. The van der Waals surface area contributed by atoms with E-state index in [2.05, 4.69) is 10.1 Å². The van der Waals surface area contributed by atoms with E-state index in [9.17, 15) is 23.1 Å². The van der Waals surface area contributed by atoms with Crippen molar-refractivity contribution in [3.05, 3.63) is 24.4 Å². The Morgan fingerprint density at radius 2 is 2.17 bits per heavy atom. The number of ether oxygens (including phenoxy) is 1. The maximum absolute atomic E-state index is 12.8. The van der Waals surface area contributed by atoms with Crippen molar-refractivity contribution < 1.29 is 27.8 Å². The molecule has 0 spiro atoms. The van der Waals surface area contributed by atoms with E-state index in [0.29, 0.717) is 0 Å². The highest BCUT2D eigenvalue weighted by atomic mass is 19.4. The molecule has 24 heavy (non-hydrogen) atoms. The predicted molar refractivity (Wildman–Crippen MR) is 78.2 cm³/mol. The topological polar surface area (TPSA) is 76.7 Å². The number of alkyl halides is 3. The molecule has 2 aliphatic rings. The van der Waals surface area contributed by atoms with Gasteiger partial charge < -0.3 is 9.84 Å². The van der Waals surface area contributed by atoms with E-state index in [-0.39, 0.29) is 38.3 Å². The third-order valence-electron chi connectivity index (χ3n) is 4.52. The third kappa shape index (κ3) is 2.78. The van der Waals surface area contributed by atoms with E-state index >= 15 is 0 Å². The van der Waals surface area contributed by atoms with Gasteiger partial charge in [0.25, 0.3) is 0 Å². The maximum atomic E-state index is 12.8. The molecule has 1 fully saturated rings. The fraction of sp³-hybridized carbons (Fsp3) is 0.533. The second-order valence-electron chi connectivity index (χ2n) is 6.05. The Bertz CT molecular complexity index is 692. The lowest BCUT2D eigenvalue weighted by atomic mass is 9.98. The molecule has 1 unspecified atom stereocenters. The monoisotopic (exact) mass is 343 g/mol. The average molecular weight is 343 g/mol. The number of hydrogen-bond acceptors (Lipinski definition) is 4. The summed E-state index contributed by atoms with van der Waals surface area (Å²) in [6.07, 6.45) is 1.80. The molecule has 1 aliphatic heterocycles. The average Bonchev–Trinajstić information content (AvgIpc) is 3.18. The fourth-order valence-corrected chi connectivity index (χ4v) is 2.68. The summed E-state index contributed by atoms with van der Waals surface area (Å²) in [6.45, 7) is -0.137. The number of aromatic nitrogens is 2. The highest BCUT2D eigenvalue weighted by molar-refractivity contribution is 5.84. The lowest BCUT2D eigenvalue weighted by Crippen LogP contribution is -2.44. The van der Waals surface area contributed by atoms with Gasteiger partial charge in [-0.05, 0) is 31.4 Å². The van der Waals surface area contributed by atoms with Crippen molar-refractivity contribution in [1.29, 1.82) is 0 Å². The van der Waals surface area contributed by atoms with Crippen LogP contribution in [-0.2, 0) is 10.3 Å². The molecule has 0 amide bonds. The molecule has 1 aromatic heterocycles. The number of halogens is 3. The Hall–Kier alpha value is -2.32. The predicted octanol–water partition coefficient (Wildman–Crippen LogP) is 2.42. The van der Waals surface area contributed by atoms with E-state index in [1.165, 1.54) is 35.3 Å². The number of nitrogens with zero attached hydrogens (tertiary/aromatic N) is 3. The zero-order valence-electron chi connectivity index (χ0n) is 12.7. The number of rotatable bonds is 6. The van der Waals surface area contributed by atoms with E-state index in [4.69, 9.17) is 4.74 Å². The van der Waals surface area contributed by atoms with Gasteiger partial charge in [-0.3, -0.25) is 4.99 Å². The normalized spacial score (nSPS) is 24.8. The largest absolute Gasteiger partial charge is 0.479 e. The first-order chi connectivity index (χ1) is 11.3. The minimum atomic E-state index is -4.21. The summed E-state index contributed by atoms with van der Waals surface area (Å²) < 4.78 is 45.0. The number of hydrogen-bond donors (Lipinski definition) is 1. The van der Waals surface area contributed by atoms with Crippen molar-refractivity contribution in [3.63, 3.8) is 0 Å². The van der Waals surface area contributed by atoms with Crippen LogP contribution in [0.3, 0.4) is 0 Å². The maximum Gasteiger partial charge on any atom is 0.394 e. The molecule has 0 radical (unpaired) electrons. The van der Waals surface area contributed by atoms with Crippen molar-refractivity contribution in [2.24, 2.45) is 10.4 Å². The SMILES string of the molecule is O=C(O)C1(n2ccc(OCCC3(C(F)(F)F)CC3)n2)C=CC=NC1. The third-order valence-corrected chi connectivity index (χ3v) is 4.52. The van der Waals surface area contributed by atoms with Crippen LogP contribution in [0.15, 0.2) is 29.4 Å². The second-order valence-corrected chi connectivity index (χ2v) is 6.05. The van der Waals surface area contributed by atoms with E-state index in [0.717, 1.165) is 0 Å².